The van der Waals surface area contributed by atoms with E-state index < -0.39 is 0 Å². The van der Waals surface area contributed by atoms with Crippen LogP contribution < -0.4 is 5.32 Å². The summed E-state index contributed by atoms with van der Waals surface area (Å²) in [7, 11) is 1.90. The number of thiazole rings is 1. The lowest BCUT2D eigenvalue weighted by Crippen LogP contribution is -2.11. The molecular formula is C18H15N5OS3. The molecule has 0 aliphatic carbocycles. The van der Waals surface area contributed by atoms with Gasteiger partial charge in [0.15, 0.2) is 5.16 Å². The Kier molecular flexibility index (Phi) is 5.06. The Labute approximate surface area is 168 Å². The number of nitrogens with zero attached hydrogens (tertiary/aromatic N) is 4. The third kappa shape index (κ3) is 3.95. The molecule has 0 saturated heterocycles. The Morgan fingerprint density at radius 2 is 2.04 bits per heavy atom. The third-order valence-electron chi connectivity index (χ3n) is 3.73. The maximum Gasteiger partial charge on any atom is 0.267 e. The van der Waals surface area contributed by atoms with Gasteiger partial charge in [0.25, 0.3) is 5.91 Å². The quantitative estimate of drug-likeness (QED) is 0.513. The van der Waals surface area contributed by atoms with Gasteiger partial charge in [-0.1, -0.05) is 6.07 Å². The van der Waals surface area contributed by atoms with Crippen molar-refractivity contribution < 1.29 is 4.79 Å². The molecule has 0 spiro atoms. The Balaban J connectivity index is 1.46. The molecule has 0 saturated carbocycles. The van der Waals surface area contributed by atoms with Crippen molar-refractivity contribution in [2.75, 3.05) is 5.32 Å². The van der Waals surface area contributed by atoms with E-state index in [2.05, 4.69) is 20.5 Å². The molecular weight excluding hydrogens is 398 g/mol. The molecule has 3 aromatic heterocycles. The number of amides is 1. The van der Waals surface area contributed by atoms with Crippen LogP contribution in [0.3, 0.4) is 0 Å². The second kappa shape index (κ2) is 7.63. The first-order valence-electron chi connectivity index (χ1n) is 8.05. The van der Waals surface area contributed by atoms with Gasteiger partial charge in [-0.15, -0.1) is 32.9 Å². The smallest absolute Gasteiger partial charge is 0.267 e. The summed E-state index contributed by atoms with van der Waals surface area (Å²) in [6, 6.07) is 11.7. The van der Waals surface area contributed by atoms with Crippen LogP contribution >= 0.6 is 34.4 Å². The average molecular weight is 414 g/mol. The lowest BCUT2D eigenvalue weighted by molar-refractivity contribution is 0.103. The van der Waals surface area contributed by atoms with Crippen LogP contribution in [0.1, 0.15) is 15.4 Å². The predicted octanol–water partition coefficient (Wildman–Crippen LogP) is 4.71. The van der Waals surface area contributed by atoms with Crippen molar-refractivity contribution in [2.45, 2.75) is 17.0 Å². The Hall–Kier alpha value is -2.49. The molecule has 1 amide bonds. The lowest BCUT2D eigenvalue weighted by Gasteiger charge is -2.05. The van der Waals surface area contributed by atoms with Crippen molar-refractivity contribution in [2.24, 2.45) is 7.05 Å². The average Bonchev–Trinajstić information content (AvgIpc) is 3.39. The number of carbonyl (C=O) groups excluding carboxylic acids is 1. The van der Waals surface area contributed by atoms with Gasteiger partial charge in [-0.25, -0.2) is 4.98 Å². The van der Waals surface area contributed by atoms with E-state index in [4.69, 9.17) is 0 Å². The number of hydrogen-bond acceptors (Lipinski definition) is 7. The van der Waals surface area contributed by atoms with E-state index in [1.807, 2.05) is 60.3 Å². The number of carbonyl (C=O) groups is 1. The number of thiophene rings is 1. The zero-order chi connectivity index (χ0) is 18.8. The molecule has 6 nitrogen and oxygen atoms in total. The maximum absolute atomic E-state index is 12.6. The molecule has 0 radical (unpaired) electrons. The largest absolute Gasteiger partial charge is 0.321 e. The highest BCUT2D eigenvalue weighted by atomic mass is 32.2. The van der Waals surface area contributed by atoms with Gasteiger partial charge in [-0.2, -0.15) is 0 Å². The SMILES string of the molecule is Cc1nc(-c2cccs2)sc1C(=O)Nc1ccc(Sc2nncn2C)cc1. The van der Waals surface area contributed by atoms with Crippen LogP contribution in [-0.4, -0.2) is 25.7 Å². The van der Waals surface area contributed by atoms with Crippen molar-refractivity contribution in [3.63, 3.8) is 0 Å². The predicted molar refractivity (Wildman–Crippen MR) is 110 cm³/mol. The second-order valence-electron chi connectivity index (χ2n) is 5.72. The van der Waals surface area contributed by atoms with Crippen LogP contribution in [-0.2, 0) is 7.05 Å². The second-order valence-corrected chi connectivity index (χ2v) is 8.70. The van der Waals surface area contributed by atoms with E-state index in [1.165, 1.54) is 23.1 Å². The monoisotopic (exact) mass is 413 g/mol. The molecule has 0 fully saturated rings. The molecule has 0 unspecified atom stereocenters. The maximum atomic E-state index is 12.6. The van der Waals surface area contributed by atoms with Crippen LogP contribution in [0.15, 0.2) is 58.2 Å². The molecule has 9 heteroatoms. The van der Waals surface area contributed by atoms with Crippen LogP contribution in [0.2, 0.25) is 0 Å². The van der Waals surface area contributed by atoms with Crippen LogP contribution in [0, 0.1) is 6.92 Å². The third-order valence-corrected chi connectivity index (χ3v) is 6.98. The van der Waals surface area contributed by atoms with Gasteiger partial charge in [0.1, 0.15) is 16.2 Å². The molecule has 0 atom stereocenters. The summed E-state index contributed by atoms with van der Waals surface area (Å²) in [6.07, 6.45) is 1.67. The van der Waals surface area contributed by atoms with Crippen molar-refractivity contribution >= 4 is 46.0 Å². The summed E-state index contributed by atoms with van der Waals surface area (Å²) in [5.41, 5.74) is 1.49. The van der Waals surface area contributed by atoms with E-state index in [1.54, 1.807) is 17.7 Å². The van der Waals surface area contributed by atoms with Gasteiger partial charge in [-0.3, -0.25) is 4.79 Å². The summed E-state index contributed by atoms with van der Waals surface area (Å²) in [4.78, 5) is 19.9. The first kappa shape index (κ1) is 17.9. The highest BCUT2D eigenvalue weighted by Crippen LogP contribution is 2.32. The van der Waals surface area contributed by atoms with Crippen LogP contribution in [0.4, 0.5) is 5.69 Å². The molecule has 4 aromatic rings. The molecule has 0 aliphatic heterocycles. The van der Waals surface area contributed by atoms with Crippen molar-refractivity contribution in [1.29, 1.82) is 0 Å². The van der Waals surface area contributed by atoms with E-state index in [9.17, 15) is 4.79 Å². The molecule has 1 N–H and O–H groups in total. The molecule has 136 valence electrons. The minimum atomic E-state index is -0.137. The van der Waals surface area contributed by atoms with Crippen LogP contribution in [0.5, 0.6) is 0 Å². The molecule has 0 aliphatic rings. The summed E-state index contributed by atoms with van der Waals surface area (Å²) in [6.45, 7) is 1.86. The first-order chi connectivity index (χ1) is 13.1. The van der Waals surface area contributed by atoms with Crippen molar-refractivity contribution in [3.05, 3.63) is 58.7 Å². The zero-order valence-corrected chi connectivity index (χ0v) is 17.0. The fraction of sp³-hybridized carbons (Fsp3) is 0.111. The number of benzene rings is 1. The fourth-order valence-corrected chi connectivity index (χ4v) is 4.90. The molecule has 4 rings (SSSR count). The summed E-state index contributed by atoms with van der Waals surface area (Å²) in [5, 5.41) is 14.6. The highest BCUT2D eigenvalue weighted by Gasteiger charge is 2.17. The minimum Gasteiger partial charge on any atom is -0.321 e. The fourth-order valence-electron chi connectivity index (χ4n) is 2.38. The first-order valence-corrected chi connectivity index (χ1v) is 10.6. The minimum absolute atomic E-state index is 0.137. The molecule has 1 aromatic carbocycles. The number of hydrogen-bond donors (Lipinski definition) is 1. The number of nitrogens with one attached hydrogen (secondary N) is 1. The lowest BCUT2D eigenvalue weighted by atomic mass is 10.3. The molecule has 0 bridgehead atoms. The summed E-state index contributed by atoms with van der Waals surface area (Å²) < 4.78 is 1.86. The van der Waals surface area contributed by atoms with Crippen molar-refractivity contribution in [1.82, 2.24) is 19.7 Å². The van der Waals surface area contributed by atoms with Crippen molar-refractivity contribution in [3.8, 4) is 9.88 Å². The van der Waals surface area contributed by atoms with Gasteiger partial charge >= 0.3 is 0 Å². The van der Waals surface area contributed by atoms with Gasteiger partial charge in [0.05, 0.1) is 10.6 Å². The van der Waals surface area contributed by atoms with Gasteiger partial charge in [-0.05, 0) is 54.4 Å². The van der Waals surface area contributed by atoms with E-state index >= 15 is 0 Å². The standard InChI is InChI=1S/C18H15N5OS3/c1-11-15(27-17(20-11)14-4-3-9-25-14)16(24)21-12-5-7-13(8-6-12)26-18-22-19-10-23(18)2/h3-10H,1-2H3,(H,21,24). The normalized spacial score (nSPS) is 10.9. The Bertz CT molecular complexity index is 1070. The number of aromatic nitrogens is 4. The van der Waals surface area contributed by atoms with Crippen LogP contribution in [0.25, 0.3) is 9.88 Å². The highest BCUT2D eigenvalue weighted by molar-refractivity contribution is 7.99. The van der Waals surface area contributed by atoms with Gasteiger partial charge < -0.3 is 9.88 Å². The molecule has 3 heterocycles. The number of rotatable bonds is 5. The summed E-state index contributed by atoms with van der Waals surface area (Å²) in [5.74, 6) is -0.137. The zero-order valence-electron chi connectivity index (χ0n) is 14.5. The summed E-state index contributed by atoms with van der Waals surface area (Å²) >= 11 is 4.56. The number of anilines is 1. The van der Waals surface area contributed by atoms with Gasteiger partial charge in [0.2, 0.25) is 0 Å². The van der Waals surface area contributed by atoms with E-state index in [0.29, 0.717) is 4.88 Å². The van der Waals surface area contributed by atoms with Gasteiger partial charge in [0, 0.05) is 17.6 Å². The topological polar surface area (TPSA) is 72.7 Å². The van der Waals surface area contributed by atoms with E-state index in [0.717, 1.165) is 31.3 Å². The number of aryl methyl sites for hydroxylation is 2. The molecule has 27 heavy (non-hydrogen) atoms. The van der Waals surface area contributed by atoms with E-state index in [-0.39, 0.29) is 5.91 Å². The Morgan fingerprint density at radius 1 is 1.22 bits per heavy atom. The Morgan fingerprint density at radius 3 is 2.70 bits per heavy atom.